The molecule has 0 radical (unpaired) electrons. The van der Waals surface area contributed by atoms with Crippen molar-refractivity contribution >= 4 is 12.6 Å². The second-order valence-corrected chi connectivity index (χ2v) is 4.72. The third-order valence-corrected chi connectivity index (χ3v) is 2.84. The van der Waals surface area contributed by atoms with Gasteiger partial charge in [0.25, 0.3) is 0 Å². The van der Waals surface area contributed by atoms with Gasteiger partial charge in [-0.3, -0.25) is 0 Å². The van der Waals surface area contributed by atoms with E-state index in [-0.39, 0.29) is 12.6 Å². The fraction of sp³-hybridized carbons (Fsp3) is 0.833. The summed E-state index contributed by atoms with van der Waals surface area (Å²) in [6.45, 7) is -1.52. The topological polar surface area (TPSA) is 236 Å². The molecule has 10 N–H and O–H groups in total. The van der Waals surface area contributed by atoms with Crippen LogP contribution >= 0.6 is 0 Å². The molecule has 12 nitrogen and oxygen atoms in total. The maximum atomic E-state index is 9.90. The van der Waals surface area contributed by atoms with E-state index >= 15 is 0 Å². The zero-order chi connectivity index (χ0) is 19.4. The van der Waals surface area contributed by atoms with Gasteiger partial charge in [-0.15, -0.1) is 0 Å². The summed E-state index contributed by atoms with van der Waals surface area (Å²) in [5, 5.41) is 87.1. The fourth-order valence-corrected chi connectivity index (χ4v) is 1.24. The van der Waals surface area contributed by atoms with E-state index in [1.165, 1.54) is 0 Å². The Morgan fingerprint density at radius 3 is 0.958 bits per heavy atom. The number of hydrogen-bond acceptors (Lipinski definition) is 12. The van der Waals surface area contributed by atoms with Gasteiger partial charge in [0.15, 0.2) is 12.6 Å². The van der Waals surface area contributed by atoms with Crippen LogP contribution < -0.4 is 0 Å². The molecule has 0 aromatic carbocycles. The monoisotopic (exact) mass is 360 g/mol. The Kier molecular flexibility index (Phi) is 13.9. The number of carbonyl (C=O) groups is 2. The van der Waals surface area contributed by atoms with Crippen molar-refractivity contribution in [3.8, 4) is 0 Å². The largest absolute Gasteiger partial charge is 0.394 e. The van der Waals surface area contributed by atoms with E-state index in [2.05, 4.69) is 0 Å². The highest BCUT2D eigenvalue weighted by molar-refractivity contribution is 5.57. The second kappa shape index (κ2) is 13.3. The van der Waals surface area contributed by atoms with Crippen LogP contribution in [0.2, 0.25) is 0 Å². The van der Waals surface area contributed by atoms with E-state index in [9.17, 15) is 9.59 Å². The lowest BCUT2D eigenvalue weighted by Crippen LogP contribution is -2.46. The fourth-order valence-electron chi connectivity index (χ4n) is 1.24. The van der Waals surface area contributed by atoms with Crippen LogP contribution in [0.25, 0.3) is 0 Å². The van der Waals surface area contributed by atoms with Gasteiger partial charge in [-0.1, -0.05) is 0 Å². The molecular weight excluding hydrogens is 336 g/mol. The van der Waals surface area contributed by atoms with Gasteiger partial charge in [0.1, 0.15) is 48.8 Å². The van der Waals surface area contributed by atoms with E-state index < -0.39 is 62.0 Å². The quantitative estimate of drug-likeness (QED) is 0.164. The highest BCUT2D eigenvalue weighted by atomic mass is 16.4. The normalized spacial score (nSPS) is 21.1. The number of hydrogen-bond donors (Lipinski definition) is 10. The van der Waals surface area contributed by atoms with Crippen LogP contribution in [-0.4, -0.2) is 126 Å². The standard InChI is InChI=1S/2C6H12O6/c2*7-1-3(9)5(11)6(12)4(10)2-8/h2*1,3-6,8-12H,2H2/t2*3-,4+,5+,6-/m10/s1. The summed E-state index contributed by atoms with van der Waals surface area (Å²) < 4.78 is 0. The van der Waals surface area contributed by atoms with Crippen molar-refractivity contribution in [3.05, 3.63) is 0 Å². The van der Waals surface area contributed by atoms with Gasteiger partial charge in [-0.05, 0) is 0 Å². The maximum Gasteiger partial charge on any atom is 0.151 e. The smallest absolute Gasteiger partial charge is 0.151 e. The molecule has 0 aliphatic carbocycles. The Morgan fingerprint density at radius 2 is 0.792 bits per heavy atom. The molecule has 0 aromatic rings. The molecule has 0 fully saturated rings. The van der Waals surface area contributed by atoms with Crippen molar-refractivity contribution in [1.82, 2.24) is 0 Å². The Balaban J connectivity index is 0. The van der Waals surface area contributed by atoms with Crippen LogP contribution in [0.4, 0.5) is 0 Å². The number of rotatable bonds is 10. The molecule has 24 heavy (non-hydrogen) atoms. The van der Waals surface area contributed by atoms with Crippen LogP contribution in [0.1, 0.15) is 0 Å². The summed E-state index contributed by atoms with van der Waals surface area (Å²) in [6.07, 6.45) is -13.7. The molecule has 0 aliphatic heterocycles. The zero-order valence-electron chi connectivity index (χ0n) is 12.5. The van der Waals surface area contributed by atoms with Crippen molar-refractivity contribution in [1.29, 1.82) is 0 Å². The van der Waals surface area contributed by atoms with Gasteiger partial charge in [0, 0.05) is 0 Å². The van der Waals surface area contributed by atoms with Crippen molar-refractivity contribution in [2.45, 2.75) is 48.8 Å². The summed E-state index contributed by atoms with van der Waals surface area (Å²) >= 11 is 0. The lowest BCUT2D eigenvalue weighted by atomic mass is 10.0. The van der Waals surface area contributed by atoms with Crippen LogP contribution in [0.5, 0.6) is 0 Å². The Hall–Kier alpha value is -1.06. The summed E-state index contributed by atoms with van der Waals surface area (Å²) in [6, 6.07) is 0. The third kappa shape index (κ3) is 8.70. The van der Waals surface area contributed by atoms with Crippen LogP contribution in [0, 0.1) is 0 Å². The van der Waals surface area contributed by atoms with Gasteiger partial charge in [-0.25, -0.2) is 0 Å². The summed E-state index contributed by atoms with van der Waals surface area (Å²) in [5.41, 5.74) is 0. The molecule has 0 spiro atoms. The maximum absolute atomic E-state index is 9.90. The molecular formula is C12H24O12. The molecule has 0 aliphatic rings. The highest BCUT2D eigenvalue weighted by Gasteiger charge is 2.30. The lowest BCUT2D eigenvalue weighted by molar-refractivity contribution is -0.136. The van der Waals surface area contributed by atoms with E-state index in [0.717, 1.165) is 0 Å². The first-order valence-corrected chi connectivity index (χ1v) is 6.65. The SMILES string of the molecule is O=C[C@@H](O)[C@H](O)[C@H](O)[C@@H](O)CO.O=C[C@H](O)[C@@H](O)[C@@H](O)[C@H](O)CO. The molecule has 0 saturated carbocycles. The van der Waals surface area contributed by atoms with E-state index in [0.29, 0.717) is 0 Å². The predicted molar refractivity (Wildman–Crippen MR) is 74.4 cm³/mol. The summed E-state index contributed by atoms with van der Waals surface area (Å²) in [5.74, 6) is 0. The number of aliphatic hydroxyl groups is 10. The van der Waals surface area contributed by atoms with Crippen molar-refractivity contribution in [2.24, 2.45) is 0 Å². The van der Waals surface area contributed by atoms with Crippen LogP contribution in [0.3, 0.4) is 0 Å². The van der Waals surface area contributed by atoms with Crippen LogP contribution in [-0.2, 0) is 9.59 Å². The van der Waals surface area contributed by atoms with Gasteiger partial charge in [0.05, 0.1) is 13.2 Å². The van der Waals surface area contributed by atoms with Gasteiger partial charge >= 0.3 is 0 Å². The number of aldehydes is 2. The summed E-state index contributed by atoms with van der Waals surface area (Å²) in [7, 11) is 0. The average Bonchev–Trinajstić information content (AvgIpc) is 2.62. The molecule has 12 heteroatoms. The minimum absolute atomic E-state index is 0.0258. The molecule has 0 unspecified atom stereocenters. The van der Waals surface area contributed by atoms with E-state index in [1.54, 1.807) is 0 Å². The van der Waals surface area contributed by atoms with Gasteiger partial charge in [-0.2, -0.15) is 0 Å². The number of aliphatic hydroxyl groups excluding tert-OH is 10. The molecule has 0 bridgehead atoms. The Labute approximate surface area is 136 Å². The number of carbonyl (C=O) groups excluding carboxylic acids is 2. The molecule has 144 valence electrons. The Bertz CT molecular complexity index is 308. The van der Waals surface area contributed by atoms with Gasteiger partial charge < -0.3 is 60.7 Å². The van der Waals surface area contributed by atoms with Crippen LogP contribution in [0.15, 0.2) is 0 Å². The van der Waals surface area contributed by atoms with Crippen molar-refractivity contribution in [3.63, 3.8) is 0 Å². The predicted octanol–water partition coefficient (Wildman–Crippen LogP) is -6.76. The summed E-state index contributed by atoms with van der Waals surface area (Å²) in [4.78, 5) is 19.8. The first kappa shape index (κ1) is 25.2. The minimum Gasteiger partial charge on any atom is -0.394 e. The van der Waals surface area contributed by atoms with E-state index in [4.69, 9.17) is 51.1 Å². The molecule has 8 atom stereocenters. The lowest BCUT2D eigenvalue weighted by Gasteiger charge is -2.22. The minimum atomic E-state index is -1.79. The molecule has 0 amide bonds. The van der Waals surface area contributed by atoms with Crippen molar-refractivity contribution in [2.75, 3.05) is 13.2 Å². The second-order valence-electron chi connectivity index (χ2n) is 4.72. The molecule has 0 aromatic heterocycles. The van der Waals surface area contributed by atoms with Crippen molar-refractivity contribution < 1.29 is 60.7 Å². The van der Waals surface area contributed by atoms with Gasteiger partial charge in [0.2, 0.25) is 0 Å². The zero-order valence-corrected chi connectivity index (χ0v) is 12.5. The Morgan fingerprint density at radius 1 is 0.542 bits per heavy atom. The van der Waals surface area contributed by atoms with E-state index in [1.807, 2.05) is 0 Å². The highest BCUT2D eigenvalue weighted by Crippen LogP contribution is 2.03. The molecule has 0 rings (SSSR count). The third-order valence-electron chi connectivity index (χ3n) is 2.84. The molecule has 0 heterocycles. The molecule has 0 saturated heterocycles. The average molecular weight is 360 g/mol. The first-order valence-electron chi connectivity index (χ1n) is 6.65. The first-order chi connectivity index (χ1) is 11.1.